The number of aromatic carboxylic acids is 1. The van der Waals surface area contributed by atoms with Gasteiger partial charge < -0.3 is 5.11 Å². The first-order valence-corrected chi connectivity index (χ1v) is 7.31. The number of fused-ring (bicyclic) bond motifs is 2. The van der Waals surface area contributed by atoms with E-state index in [4.69, 9.17) is 5.11 Å². The third-order valence-electron chi connectivity index (χ3n) is 4.10. The number of carboxylic acids is 1. The van der Waals surface area contributed by atoms with Gasteiger partial charge in [-0.2, -0.15) is 0 Å². The quantitative estimate of drug-likeness (QED) is 0.736. The van der Waals surface area contributed by atoms with E-state index < -0.39 is 17.8 Å². The maximum Gasteiger partial charge on any atom is 0.335 e. The molecule has 4 rings (SSSR count). The lowest BCUT2D eigenvalue weighted by molar-refractivity contribution is 0.0695. The van der Waals surface area contributed by atoms with Crippen LogP contribution in [0.1, 0.15) is 31.1 Å². The summed E-state index contributed by atoms with van der Waals surface area (Å²) in [6.45, 7) is 0. The van der Waals surface area contributed by atoms with Crippen LogP contribution in [0.4, 0.5) is 5.69 Å². The highest BCUT2D eigenvalue weighted by Gasteiger charge is 2.37. The minimum Gasteiger partial charge on any atom is -0.478 e. The van der Waals surface area contributed by atoms with Crippen LogP contribution in [0.5, 0.6) is 0 Å². The van der Waals surface area contributed by atoms with E-state index in [0.29, 0.717) is 11.1 Å². The highest BCUT2D eigenvalue weighted by molar-refractivity contribution is 6.35. The fraction of sp³-hybridized carbons (Fsp3) is 0. The summed E-state index contributed by atoms with van der Waals surface area (Å²) >= 11 is 0. The molecule has 0 saturated carbocycles. The molecule has 0 saturated heterocycles. The molecule has 1 aliphatic rings. The molecule has 0 bridgehead atoms. The van der Waals surface area contributed by atoms with Crippen LogP contribution in [0.25, 0.3) is 10.8 Å². The molecule has 2 amide bonds. The largest absolute Gasteiger partial charge is 0.478 e. The summed E-state index contributed by atoms with van der Waals surface area (Å²) in [5, 5.41) is 10.8. The van der Waals surface area contributed by atoms with Crippen molar-refractivity contribution in [1.82, 2.24) is 0 Å². The number of carbonyl (C=O) groups excluding carboxylic acids is 2. The van der Waals surface area contributed by atoms with Crippen LogP contribution >= 0.6 is 0 Å². The second-order valence-corrected chi connectivity index (χ2v) is 5.55. The Morgan fingerprint density at radius 2 is 1.38 bits per heavy atom. The highest BCUT2D eigenvalue weighted by atomic mass is 16.4. The van der Waals surface area contributed by atoms with Crippen LogP contribution in [0, 0.1) is 0 Å². The van der Waals surface area contributed by atoms with Crippen molar-refractivity contribution in [1.29, 1.82) is 0 Å². The standard InChI is InChI=1S/C19H11NO4/c21-17-15-9-11-4-1-2-5-12(11)10-16(15)18(22)20(17)14-7-3-6-13(8-14)19(23)24/h1-10H,(H,23,24). The summed E-state index contributed by atoms with van der Waals surface area (Å²) < 4.78 is 0. The average Bonchev–Trinajstić information content (AvgIpc) is 2.84. The average molecular weight is 317 g/mol. The number of hydrogen-bond donors (Lipinski definition) is 1. The molecule has 1 N–H and O–H groups in total. The molecule has 0 atom stereocenters. The van der Waals surface area contributed by atoms with E-state index in [1.807, 2.05) is 24.3 Å². The van der Waals surface area contributed by atoms with Crippen molar-refractivity contribution in [2.24, 2.45) is 0 Å². The Hall–Kier alpha value is -3.47. The zero-order valence-electron chi connectivity index (χ0n) is 12.4. The van der Waals surface area contributed by atoms with E-state index in [-0.39, 0.29) is 11.3 Å². The van der Waals surface area contributed by atoms with Crippen LogP contribution in [0.15, 0.2) is 60.7 Å². The zero-order chi connectivity index (χ0) is 16.8. The molecule has 0 fully saturated rings. The number of carboxylic acid groups (broad SMARTS) is 1. The van der Waals surface area contributed by atoms with Crippen LogP contribution in [-0.2, 0) is 0 Å². The Labute approximate surface area is 136 Å². The van der Waals surface area contributed by atoms with Gasteiger partial charge in [-0.25, -0.2) is 9.69 Å². The fourth-order valence-electron chi connectivity index (χ4n) is 2.94. The maximum absolute atomic E-state index is 12.7. The van der Waals surface area contributed by atoms with Gasteiger partial charge in [0.25, 0.3) is 11.8 Å². The lowest BCUT2D eigenvalue weighted by Gasteiger charge is -2.14. The minimum atomic E-state index is -1.11. The van der Waals surface area contributed by atoms with Crippen molar-refractivity contribution in [3.8, 4) is 0 Å². The van der Waals surface area contributed by atoms with Gasteiger partial charge in [0.15, 0.2) is 0 Å². The van der Waals surface area contributed by atoms with Crippen LogP contribution in [-0.4, -0.2) is 22.9 Å². The number of carbonyl (C=O) groups is 3. The number of rotatable bonds is 2. The van der Waals surface area contributed by atoms with E-state index >= 15 is 0 Å². The summed E-state index contributed by atoms with van der Waals surface area (Å²) in [7, 11) is 0. The van der Waals surface area contributed by atoms with E-state index in [1.54, 1.807) is 18.2 Å². The van der Waals surface area contributed by atoms with Crippen molar-refractivity contribution >= 4 is 34.2 Å². The first kappa shape index (κ1) is 14.1. The molecule has 0 aliphatic carbocycles. The lowest BCUT2D eigenvalue weighted by Crippen LogP contribution is -2.29. The third kappa shape index (κ3) is 1.99. The number of anilines is 1. The number of hydrogen-bond acceptors (Lipinski definition) is 3. The van der Waals surface area contributed by atoms with Gasteiger partial charge in [0.1, 0.15) is 0 Å². The van der Waals surface area contributed by atoms with Crippen molar-refractivity contribution in [3.63, 3.8) is 0 Å². The van der Waals surface area contributed by atoms with Crippen molar-refractivity contribution in [2.75, 3.05) is 4.90 Å². The Kier molecular flexibility index (Phi) is 2.96. The second kappa shape index (κ2) is 5.03. The molecule has 24 heavy (non-hydrogen) atoms. The SMILES string of the molecule is O=C(O)c1cccc(N2C(=O)c3cc4ccccc4cc3C2=O)c1. The molecule has 116 valence electrons. The number of nitrogens with zero attached hydrogens (tertiary/aromatic N) is 1. The van der Waals surface area contributed by atoms with E-state index in [1.165, 1.54) is 18.2 Å². The Bertz CT molecular complexity index is 984. The normalized spacial score (nSPS) is 13.4. The highest BCUT2D eigenvalue weighted by Crippen LogP contribution is 2.31. The van der Waals surface area contributed by atoms with Gasteiger partial charge in [-0.3, -0.25) is 9.59 Å². The van der Waals surface area contributed by atoms with Gasteiger partial charge in [-0.1, -0.05) is 30.3 Å². The third-order valence-corrected chi connectivity index (χ3v) is 4.10. The van der Waals surface area contributed by atoms with Crippen molar-refractivity contribution in [2.45, 2.75) is 0 Å². The predicted molar refractivity (Wildman–Crippen MR) is 88.5 cm³/mol. The van der Waals surface area contributed by atoms with Gasteiger partial charge in [-0.05, 0) is 41.1 Å². The smallest absolute Gasteiger partial charge is 0.335 e. The summed E-state index contributed by atoms with van der Waals surface area (Å²) in [5.41, 5.74) is 0.943. The molecule has 1 aliphatic heterocycles. The van der Waals surface area contributed by atoms with Crippen molar-refractivity contribution in [3.05, 3.63) is 77.4 Å². The molecule has 3 aromatic carbocycles. The Morgan fingerprint density at radius 1 is 0.792 bits per heavy atom. The van der Waals surface area contributed by atoms with Gasteiger partial charge >= 0.3 is 5.97 Å². The fourth-order valence-corrected chi connectivity index (χ4v) is 2.94. The number of benzene rings is 3. The second-order valence-electron chi connectivity index (χ2n) is 5.55. The molecule has 0 unspecified atom stereocenters. The Morgan fingerprint density at radius 3 is 1.92 bits per heavy atom. The molecular weight excluding hydrogens is 306 g/mol. The topological polar surface area (TPSA) is 74.7 Å². The van der Waals surface area contributed by atoms with Crippen LogP contribution in [0.3, 0.4) is 0 Å². The molecule has 0 radical (unpaired) electrons. The predicted octanol–water partition coefficient (Wildman–Crippen LogP) is 3.34. The van der Waals surface area contributed by atoms with E-state index in [0.717, 1.165) is 15.7 Å². The van der Waals surface area contributed by atoms with Gasteiger partial charge in [0, 0.05) is 0 Å². The van der Waals surface area contributed by atoms with Gasteiger partial charge in [-0.15, -0.1) is 0 Å². The van der Waals surface area contributed by atoms with E-state index in [2.05, 4.69) is 0 Å². The molecule has 5 nitrogen and oxygen atoms in total. The summed E-state index contributed by atoms with van der Waals surface area (Å²) in [6, 6.07) is 16.7. The first-order chi connectivity index (χ1) is 11.6. The molecule has 1 heterocycles. The van der Waals surface area contributed by atoms with Gasteiger partial charge in [0.2, 0.25) is 0 Å². The summed E-state index contributed by atoms with van der Waals surface area (Å²) in [4.78, 5) is 37.5. The molecule has 5 heteroatoms. The first-order valence-electron chi connectivity index (χ1n) is 7.31. The zero-order valence-corrected chi connectivity index (χ0v) is 12.4. The number of imide groups is 1. The molecular formula is C19H11NO4. The minimum absolute atomic E-state index is 0.0224. The van der Waals surface area contributed by atoms with Gasteiger partial charge in [0.05, 0.1) is 22.4 Å². The molecule has 3 aromatic rings. The molecule has 0 spiro atoms. The van der Waals surface area contributed by atoms with Crippen LogP contribution in [0.2, 0.25) is 0 Å². The Balaban J connectivity index is 1.86. The molecule has 0 aromatic heterocycles. The lowest BCUT2D eigenvalue weighted by atomic mass is 10.0. The summed E-state index contributed by atoms with van der Waals surface area (Å²) in [5.74, 6) is -1.99. The summed E-state index contributed by atoms with van der Waals surface area (Å²) in [6.07, 6.45) is 0. The van der Waals surface area contributed by atoms with Crippen molar-refractivity contribution < 1.29 is 19.5 Å². The van der Waals surface area contributed by atoms with Crippen LogP contribution < -0.4 is 4.90 Å². The monoisotopic (exact) mass is 317 g/mol. The maximum atomic E-state index is 12.7. The van der Waals surface area contributed by atoms with E-state index in [9.17, 15) is 14.4 Å². The number of amides is 2.